The molecule has 166 valence electrons. The Hall–Kier alpha value is -3.88. The lowest BCUT2D eigenvalue weighted by molar-refractivity contribution is -0.122. The zero-order chi connectivity index (χ0) is 22.5. The average Bonchev–Trinajstić information content (AvgIpc) is 3.29. The van der Waals surface area contributed by atoms with Crippen molar-refractivity contribution in [3.8, 4) is 5.75 Å². The minimum Gasteiger partial charge on any atom is -0.486 e. The highest BCUT2D eigenvalue weighted by atomic mass is 19.1. The van der Waals surface area contributed by atoms with Gasteiger partial charge in [0.05, 0.1) is 17.8 Å². The molecule has 0 bridgehead atoms. The number of aromatic nitrogens is 1. The summed E-state index contributed by atoms with van der Waals surface area (Å²) in [5.41, 5.74) is 5.95. The van der Waals surface area contributed by atoms with Gasteiger partial charge in [-0.1, -0.05) is 0 Å². The molecule has 1 unspecified atom stereocenters. The number of hydrogen-bond acceptors (Lipinski definition) is 6. The lowest BCUT2D eigenvalue weighted by atomic mass is 9.97. The van der Waals surface area contributed by atoms with Crippen molar-refractivity contribution < 1.29 is 23.1 Å². The molecule has 2 aromatic heterocycles. The Bertz CT molecular complexity index is 1080. The number of carbonyl (C=O) groups is 2. The lowest BCUT2D eigenvalue weighted by Crippen LogP contribution is -2.41. The van der Waals surface area contributed by atoms with Crippen molar-refractivity contribution in [3.05, 3.63) is 72.1 Å². The number of hydrogen-bond donors (Lipinski definition) is 2. The molecular formula is C23H23FN4O4. The number of rotatable bonds is 7. The zero-order valence-electron chi connectivity index (χ0n) is 17.3. The van der Waals surface area contributed by atoms with E-state index in [1.165, 1.54) is 24.3 Å². The molecule has 0 spiro atoms. The van der Waals surface area contributed by atoms with E-state index in [1.54, 1.807) is 30.5 Å². The van der Waals surface area contributed by atoms with Gasteiger partial charge in [-0.15, -0.1) is 0 Å². The van der Waals surface area contributed by atoms with E-state index < -0.39 is 5.91 Å². The van der Waals surface area contributed by atoms with Gasteiger partial charge in [0.1, 0.15) is 29.8 Å². The van der Waals surface area contributed by atoms with Crippen LogP contribution < -0.4 is 20.7 Å². The van der Waals surface area contributed by atoms with Gasteiger partial charge in [0.2, 0.25) is 5.91 Å². The maximum Gasteiger partial charge on any atom is 0.291 e. The summed E-state index contributed by atoms with van der Waals surface area (Å²) in [6.07, 6.45) is 3.22. The Morgan fingerprint density at radius 1 is 1.19 bits per heavy atom. The number of anilines is 2. The van der Waals surface area contributed by atoms with Crippen LogP contribution in [0.3, 0.4) is 0 Å². The minimum atomic E-state index is -0.417. The summed E-state index contributed by atoms with van der Waals surface area (Å²) < 4.78 is 24.0. The maximum absolute atomic E-state index is 12.9. The molecule has 1 saturated heterocycles. The predicted octanol–water partition coefficient (Wildman–Crippen LogP) is 3.35. The molecule has 9 heteroatoms. The van der Waals surface area contributed by atoms with Gasteiger partial charge >= 0.3 is 0 Å². The first-order valence-corrected chi connectivity index (χ1v) is 10.3. The SMILES string of the molecule is NC(=O)C1CCCN(c2ccc(NC(=O)c3ccc(COc4ccc(F)cc4)o3)cn2)C1. The van der Waals surface area contributed by atoms with E-state index >= 15 is 0 Å². The average molecular weight is 438 g/mol. The fourth-order valence-corrected chi connectivity index (χ4v) is 3.52. The summed E-state index contributed by atoms with van der Waals surface area (Å²) in [7, 11) is 0. The molecular weight excluding hydrogens is 415 g/mol. The number of ether oxygens (including phenoxy) is 1. The molecule has 32 heavy (non-hydrogen) atoms. The van der Waals surface area contributed by atoms with Gasteiger partial charge in [-0.3, -0.25) is 9.59 Å². The number of amides is 2. The van der Waals surface area contributed by atoms with E-state index in [1.807, 2.05) is 4.90 Å². The minimum absolute atomic E-state index is 0.108. The first kappa shape index (κ1) is 21.4. The van der Waals surface area contributed by atoms with Crippen molar-refractivity contribution in [2.45, 2.75) is 19.4 Å². The Labute approximate surface area is 184 Å². The van der Waals surface area contributed by atoms with Gasteiger partial charge < -0.3 is 25.1 Å². The summed E-state index contributed by atoms with van der Waals surface area (Å²) in [6, 6.07) is 12.4. The van der Waals surface area contributed by atoms with Crippen LogP contribution in [0.1, 0.15) is 29.2 Å². The molecule has 1 aromatic carbocycles. The number of pyridine rings is 1. The quantitative estimate of drug-likeness (QED) is 0.585. The lowest BCUT2D eigenvalue weighted by Gasteiger charge is -2.32. The number of primary amides is 1. The summed E-state index contributed by atoms with van der Waals surface area (Å²) in [5.74, 6) is 0.587. The van der Waals surface area contributed by atoms with Crippen LogP contribution in [0.15, 0.2) is 59.1 Å². The molecule has 2 amide bonds. The predicted molar refractivity (Wildman–Crippen MR) is 116 cm³/mol. The highest BCUT2D eigenvalue weighted by Crippen LogP contribution is 2.23. The molecule has 0 saturated carbocycles. The van der Waals surface area contributed by atoms with Crippen molar-refractivity contribution in [3.63, 3.8) is 0 Å². The smallest absolute Gasteiger partial charge is 0.291 e. The van der Waals surface area contributed by atoms with Crippen LogP contribution in [0.4, 0.5) is 15.9 Å². The highest BCUT2D eigenvalue weighted by molar-refractivity contribution is 6.02. The Kier molecular flexibility index (Phi) is 6.34. The van der Waals surface area contributed by atoms with Crippen LogP contribution in [-0.4, -0.2) is 29.9 Å². The fourth-order valence-electron chi connectivity index (χ4n) is 3.52. The Balaban J connectivity index is 1.32. The number of nitrogens with zero attached hydrogens (tertiary/aromatic N) is 2. The van der Waals surface area contributed by atoms with Crippen molar-refractivity contribution in [2.24, 2.45) is 11.7 Å². The van der Waals surface area contributed by atoms with Crippen LogP contribution in [0.25, 0.3) is 0 Å². The molecule has 3 aromatic rings. The van der Waals surface area contributed by atoms with E-state index in [0.717, 1.165) is 25.2 Å². The molecule has 0 radical (unpaired) electrons. The molecule has 1 aliphatic heterocycles. The van der Waals surface area contributed by atoms with Crippen molar-refractivity contribution >= 4 is 23.3 Å². The van der Waals surface area contributed by atoms with Crippen LogP contribution in [0.2, 0.25) is 0 Å². The number of furan rings is 1. The summed E-state index contributed by atoms with van der Waals surface area (Å²) in [4.78, 5) is 30.3. The number of benzene rings is 1. The van der Waals surface area contributed by atoms with E-state index in [2.05, 4.69) is 10.3 Å². The van der Waals surface area contributed by atoms with Crippen molar-refractivity contribution in [1.29, 1.82) is 0 Å². The normalized spacial score (nSPS) is 15.9. The number of nitrogens with one attached hydrogen (secondary N) is 1. The third kappa shape index (κ3) is 5.23. The van der Waals surface area contributed by atoms with E-state index in [4.69, 9.17) is 14.9 Å². The summed E-state index contributed by atoms with van der Waals surface area (Å²) >= 11 is 0. The molecule has 3 N–H and O–H groups in total. The molecule has 8 nitrogen and oxygen atoms in total. The molecule has 3 heterocycles. The monoisotopic (exact) mass is 438 g/mol. The molecule has 1 fully saturated rings. The van der Waals surface area contributed by atoms with Gasteiger partial charge in [0, 0.05) is 13.1 Å². The standard InChI is InChI=1S/C23H23FN4O4/c24-16-3-6-18(7-4-16)31-14-19-8-9-20(32-19)23(30)27-17-5-10-21(26-12-17)28-11-1-2-15(13-28)22(25)29/h3-10,12,15H,1-2,11,13-14H2,(H2,25,29)(H,27,30). The third-order valence-electron chi connectivity index (χ3n) is 5.23. The third-order valence-corrected chi connectivity index (χ3v) is 5.23. The maximum atomic E-state index is 12.9. The molecule has 1 aliphatic rings. The van der Waals surface area contributed by atoms with E-state index in [-0.39, 0.29) is 30.0 Å². The van der Waals surface area contributed by atoms with Crippen molar-refractivity contribution in [1.82, 2.24) is 4.98 Å². The van der Waals surface area contributed by atoms with Gasteiger partial charge in [-0.25, -0.2) is 9.37 Å². The van der Waals surface area contributed by atoms with E-state index in [0.29, 0.717) is 23.7 Å². The Morgan fingerprint density at radius 3 is 2.72 bits per heavy atom. The number of piperidine rings is 1. The van der Waals surface area contributed by atoms with Gasteiger partial charge in [-0.05, 0) is 61.4 Å². The largest absolute Gasteiger partial charge is 0.486 e. The summed E-state index contributed by atoms with van der Waals surface area (Å²) in [6.45, 7) is 1.46. The van der Waals surface area contributed by atoms with Crippen LogP contribution in [0, 0.1) is 11.7 Å². The number of carbonyl (C=O) groups excluding carboxylic acids is 2. The summed E-state index contributed by atoms with van der Waals surface area (Å²) in [5, 5.41) is 2.74. The second-order valence-corrected chi connectivity index (χ2v) is 7.56. The molecule has 0 aliphatic carbocycles. The topological polar surface area (TPSA) is 111 Å². The second kappa shape index (κ2) is 9.51. The molecule has 4 rings (SSSR count). The zero-order valence-corrected chi connectivity index (χ0v) is 17.3. The fraction of sp³-hybridized carbons (Fsp3) is 0.261. The second-order valence-electron chi connectivity index (χ2n) is 7.56. The van der Waals surface area contributed by atoms with Crippen molar-refractivity contribution in [2.75, 3.05) is 23.3 Å². The number of nitrogens with two attached hydrogens (primary N) is 1. The number of halogens is 1. The van der Waals surface area contributed by atoms with Gasteiger partial charge in [-0.2, -0.15) is 0 Å². The van der Waals surface area contributed by atoms with E-state index in [9.17, 15) is 14.0 Å². The van der Waals surface area contributed by atoms with Gasteiger partial charge in [0.15, 0.2) is 5.76 Å². The Morgan fingerprint density at radius 2 is 2.00 bits per heavy atom. The molecule has 1 atom stereocenters. The van der Waals surface area contributed by atoms with Crippen LogP contribution in [-0.2, 0) is 11.4 Å². The first-order chi connectivity index (χ1) is 15.5. The van der Waals surface area contributed by atoms with Gasteiger partial charge in [0.25, 0.3) is 5.91 Å². The van der Waals surface area contributed by atoms with Crippen LogP contribution >= 0.6 is 0 Å². The highest BCUT2D eigenvalue weighted by Gasteiger charge is 2.24. The van der Waals surface area contributed by atoms with Crippen LogP contribution in [0.5, 0.6) is 5.75 Å². The first-order valence-electron chi connectivity index (χ1n) is 10.3.